The highest BCUT2D eigenvalue weighted by Crippen LogP contribution is 2.20. The van der Waals surface area contributed by atoms with Crippen molar-refractivity contribution in [3.8, 4) is 0 Å². The summed E-state index contributed by atoms with van der Waals surface area (Å²) in [4.78, 5) is 12.5. The van der Waals surface area contributed by atoms with E-state index in [-0.39, 0.29) is 17.7 Å². The van der Waals surface area contributed by atoms with Crippen LogP contribution in [0.1, 0.15) is 55.2 Å². The highest BCUT2D eigenvalue weighted by Gasteiger charge is 2.19. The predicted molar refractivity (Wildman–Crippen MR) is 111 cm³/mol. The molecule has 5 nitrogen and oxygen atoms in total. The second-order valence-electron chi connectivity index (χ2n) is 6.40. The highest BCUT2D eigenvalue weighted by atomic mass is 32.2. The van der Waals surface area contributed by atoms with Gasteiger partial charge in [-0.25, -0.2) is 8.42 Å². The van der Waals surface area contributed by atoms with Gasteiger partial charge < -0.3 is 5.32 Å². The van der Waals surface area contributed by atoms with Crippen molar-refractivity contribution >= 4 is 21.6 Å². The molecule has 1 atom stereocenters. The zero-order chi connectivity index (χ0) is 20.0. The minimum Gasteiger partial charge on any atom is -0.346 e. The zero-order valence-corrected chi connectivity index (χ0v) is 17.2. The van der Waals surface area contributed by atoms with Crippen LogP contribution in [0.3, 0.4) is 0 Å². The van der Waals surface area contributed by atoms with Crippen molar-refractivity contribution in [1.29, 1.82) is 0 Å². The quantitative estimate of drug-likeness (QED) is 0.745. The molecule has 0 saturated heterocycles. The minimum absolute atomic E-state index is 0.0391. The van der Waals surface area contributed by atoms with Crippen molar-refractivity contribution in [2.75, 3.05) is 16.6 Å². The van der Waals surface area contributed by atoms with Crippen LogP contribution in [0.15, 0.2) is 48.5 Å². The average molecular weight is 389 g/mol. The molecule has 0 aliphatic rings. The Balaban J connectivity index is 2.10. The molecule has 0 spiro atoms. The molecule has 1 amide bonds. The van der Waals surface area contributed by atoms with Gasteiger partial charge in [0.15, 0.2) is 0 Å². The summed E-state index contributed by atoms with van der Waals surface area (Å²) in [5, 5.41) is 2.98. The van der Waals surface area contributed by atoms with Crippen molar-refractivity contribution in [3.05, 3.63) is 65.2 Å². The third kappa shape index (κ3) is 5.10. The van der Waals surface area contributed by atoms with Gasteiger partial charge in [0.2, 0.25) is 10.0 Å². The van der Waals surface area contributed by atoms with Crippen LogP contribution in [-0.2, 0) is 16.4 Å². The number of benzene rings is 2. The Morgan fingerprint density at radius 2 is 1.59 bits per heavy atom. The molecule has 0 aliphatic carbocycles. The van der Waals surface area contributed by atoms with Gasteiger partial charge >= 0.3 is 0 Å². The molecule has 0 aliphatic heterocycles. The second-order valence-corrected chi connectivity index (χ2v) is 8.58. The van der Waals surface area contributed by atoms with Crippen LogP contribution in [0.25, 0.3) is 0 Å². The summed E-state index contributed by atoms with van der Waals surface area (Å²) in [6.45, 7) is 7.81. The fourth-order valence-corrected chi connectivity index (χ4v) is 4.03. The number of sulfonamides is 1. The van der Waals surface area contributed by atoms with Gasteiger partial charge in [-0.05, 0) is 62.6 Å². The Morgan fingerprint density at radius 1 is 1.00 bits per heavy atom. The van der Waals surface area contributed by atoms with E-state index < -0.39 is 10.0 Å². The lowest BCUT2D eigenvalue weighted by atomic mass is 10.0. The zero-order valence-electron chi connectivity index (χ0n) is 16.4. The number of aryl methyl sites for hydroxylation is 1. The van der Waals surface area contributed by atoms with Gasteiger partial charge in [-0.3, -0.25) is 9.10 Å². The molecule has 0 heterocycles. The van der Waals surface area contributed by atoms with Gasteiger partial charge in [0.1, 0.15) is 0 Å². The Kier molecular flexibility index (Phi) is 7.02. The molecule has 0 bridgehead atoms. The molecule has 6 heteroatoms. The Morgan fingerprint density at radius 3 is 2.07 bits per heavy atom. The molecule has 0 aromatic heterocycles. The first-order valence-electron chi connectivity index (χ1n) is 9.32. The number of nitrogens with one attached hydrogen (secondary N) is 1. The van der Waals surface area contributed by atoms with Crippen molar-refractivity contribution in [1.82, 2.24) is 5.32 Å². The third-order valence-electron chi connectivity index (χ3n) is 4.64. The highest BCUT2D eigenvalue weighted by molar-refractivity contribution is 7.92. The lowest BCUT2D eigenvalue weighted by Gasteiger charge is -2.22. The normalized spacial score (nSPS) is 12.4. The second kappa shape index (κ2) is 9.04. The summed E-state index contributed by atoms with van der Waals surface area (Å²) in [6, 6.07) is 14.7. The fraction of sp³-hybridized carbons (Fsp3) is 0.381. The van der Waals surface area contributed by atoms with E-state index in [0.29, 0.717) is 17.8 Å². The number of hydrogen-bond acceptors (Lipinski definition) is 3. The van der Waals surface area contributed by atoms with Crippen molar-refractivity contribution in [2.24, 2.45) is 0 Å². The van der Waals surface area contributed by atoms with Crippen molar-refractivity contribution in [3.63, 3.8) is 0 Å². The van der Waals surface area contributed by atoms with E-state index in [2.05, 4.69) is 24.4 Å². The van der Waals surface area contributed by atoms with Crippen LogP contribution in [0, 0.1) is 0 Å². The third-order valence-corrected chi connectivity index (χ3v) is 6.51. The fourth-order valence-electron chi connectivity index (χ4n) is 2.88. The van der Waals surface area contributed by atoms with Crippen LogP contribution in [0.5, 0.6) is 0 Å². The molecule has 0 fully saturated rings. The number of nitrogens with zero attached hydrogens (tertiary/aromatic N) is 1. The van der Waals surface area contributed by atoms with E-state index in [1.54, 1.807) is 38.1 Å². The summed E-state index contributed by atoms with van der Waals surface area (Å²) in [5.41, 5.74) is 3.37. The van der Waals surface area contributed by atoms with Crippen LogP contribution >= 0.6 is 0 Å². The van der Waals surface area contributed by atoms with Gasteiger partial charge in [-0.2, -0.15) is 0 Å². The van der Waals surface area contributed by atoms with Crippen LogP contribution in [-0.4, -0.2) is 26.6 Å². The molecule has 0 unspecified atom stereocenters. The molecule has 0 saturated carbocycles. The lowest BCUT2D eigenvalue weighted by Crippen LogP contribution is -2.32. The maximum absolute atomic E-state index is 12.5. The summed E-state index contributed by atoms with van der Waals surface area (Å²) in [5.74, 6) is -0.146. The number of amides is 1. The largest absolute Gasteiger partial charge is 0.346 e. The van der Waals surface area contributed by atoms with E-state index in [1.165, 1.54) is 9.87 Å². The van der Waals surface area contributed by atoms with Crippen molar-refractivity contribution < 1.29 is 13.2 Å². The van der Waals surface area contributed by atoms with Gasteiger partial charge in [-0.1, -0.05) is 31.2 Å². The molecule has 2 aromatic rings. The monoisotopic (exact) mass is 388 g/mol. The van der Waals surface area contributed by atoms with Crippen molar-refractivity contribution in [2.45, 2.75) is 40.2 Å². The Hall–Kier alpha value is -2.34. The summed E-state index contributed by atoms with van der Waals surface area (Å²) < 4.78 is 25.6. The van der Waals surface area contributed by atoms with Crippen LogP contribution in [0.2, 0.25) is 0 Å². The molecule has 0 radical (unpaired) electrons. The number of hydrogen-bond donors (Lipinski definition) is 1. The predicted octanol–water partition coefficient (Wildman–Crippen LogP) is 3.92. The molecular formula is C21H28N2O3S. The van der Waals surface area contributed by atoms with E-state index in [9.17, 15) is 13.2 Å². The molecular weight excluding hydrogens is 360 g/mol. The minimum atomic E-state index is -3.32. The first-order valence-corrected chi connectivity index (χ1v) is 10.9. The van der Waals surface area contributed by atoms with Crippen LogP contribution < -0.4 is 9.62 Å². The Labute approximate surface area is 162 Å². The maximum atomic E-state index is 12.5. The average Bonchev–Trinajstić information content (AvgIpc) is 2.68. The molecule has 27 heavy (non-hydrogen) atoms. The van der Waals surface area contributed by atoms with E-state index in [1.807, 2.05) is 19.1 Å². The number of carbonyl (C=O) groups excluding carboxylic acids is 1. The molecule has 1 N–H and O–H groups in total. The molecule has 2 aromatic carbocycles. The van der Waals surface area contributed by atoms with E-state index in [4.69, 9.17) is 0 Å². The van der Waals surface area contributed by atoms with Gasteiger partial charge in [0.25, 0.3) is 5.91 Å². The van der Waals surface area contributed by atoms with Gasteiger partial charge in [-0.15, -0.1) is 0 Å². The number of anilines is 1. The summed E-state index contributed by atoms with van der Waals surface area (Å²) in [6.07, 6.45) is 0.982. The standard InChI is InChI=1S/C21H28N2O3S/c1-5-17-8-10-18(11-9-17)16(4)22-21(24)19-12-14-20(15-13-19)23(6-2)27(25,26)7-3/h8-16H,5-7H2,1-4H3,(H,22,24)/t16-/m0/s1. The maximum Gasteiger partial charge on any atom is 0.251 e. The topological polar surface area (TPSA) is 66.5 Å². The summed E-state index contributed by atoms with van der Waals surface area (Å²) in [7, 11) is -3.32. The van der Waals surface area contributed by atoms with E-state index in [0.717, 1.165) is 12.0 Å². The number of rotatable bonds is 8. The first-order chi connectivity index (χ1) is 12.8. The Bertz CT molecular complexity index is 859. The SMILES string of the molecule is CCc1ccc([C@H](C)NC(=O)c2ccc(N(CC)S(=O)(=O)CC)cc2)cc1. The molecule has 146 valence electrons. The summed E-state index contributed by atoms with van der Waals surface area (Å²) >= 11 is 0. The van der Waals surface area contributed by atoms with E-state index >= 15 is 0 Å². The van der Waals surface area contributed by atoms with Gasteiger partial charge in [0.05, 0.1) is 17.5 Å². The lowest BCUT2D eigenvalue weighted by molar-refractivity contribution is 0.0940. The number of carbonyl (C=O) groups is 1. The first kappa shape index (κ1) is 21.0. The van der Waals surface area contributed by atoms with Crippen LogP contribution in [0.4, 0.5) is 5.69 Å². The van der Waals surface area contributed by atoms with Gasteiger partial charge in [0, 0.05) is 12.1 Å². The smallest absolute Gasteiger partial charge is 0.251 e. The molecule has 2 rings (SSSR count).